The second-order valence-electron chi connectivity index (χ2n) is 7.04. The number of carboxylic acid groups (broad SMARTS) is 10. The molecule has 282 valence electrons. The monoisotopic (exact) mass is 732 g/mol. The van der Waals surface area contributed by atoms with Crippen molar-refractivity contribution in [1.82, 2.24) is 0 Å². The molecule has 0 aromatic carbocycles. The average Bonchev–Trinajstić information content (AvgIpc) is 3.00. The summed E-state index contributed by atoms with van der Waals surface area (Å²) >= 11 is 0. The summed E-state index contributed by atoms with van der Waals surface area (Å²) < 4.78 is 0. The van der Waals surface area contributed by atoms with Crippen LogP contribution in [0.3, 0.4) is 0 Å². The quantitative estimate of drug-likeness (QED) is 0.0750. The Morgan fingerprint density at radius 2 is 0.400 bits per heavy atom. The lowest BCUT2D eigenvalue weighted by Gasteiger charge is -2.19. The number of hydrogen-bond acceptors (Lipinski definition) is 15. The number of rotatable bonds is 14. The first kappa shape index (κ1) is 55.6. The molecule has 50 heavy (non-hydrogen) atoms. The van der Waals surface area contributed by atoms with Crippen molar-refractivity contribution in [2.24, 2.45) is 0 Å². The molecular weight excluding hydrogens is 700 g/mol. The van der Waals surface area contributed by atoms with Crippen molar-refractivity contribution < 1.29 is 125 Å². The Balaban J connectivity index is -0.000000116. The molecule has 0 unspecified atom stereocenters. The fourth-order valence-electron chi connectivity index (χ4n) is 1.19. The zero-order valence-electron chi connectivity index (χ0n) is 24.7. The Morgan fingerprint density at radius 1 is 0.300 bits per heavy atom. The number of aliphatic hydroxyl groups is 5. The Labute approximate surface area is 277 Å². The summed E-state index contributed by atoms with van der Waals surface area (Å²) in [4.78, 5) is 95.5. The van der Waals surface area contributed by atoms with Gasteiger partial charge in [-0.25, -0.2) is 47.9 Å². The van der Waals surface area contributed by atoms with Crippen LogP contribution < -0.4 is 0 Å². The molecule has 0 amide bonds. The summed E-state index contributed by atoms with van der Waals surface area (Å²) in [6.07, 6.45) is 1.29. The first-order valence-electron chi connectivity index (χ1n) is 11.7. The highest BCUT2D eigenvalue weighted by molar-refractivity contribution is 5.91. The van der Waals surface area contributed by atoms with Crippen molar-refractivity contribution in [2.45, 2.75) is 18.3 Å². The second-order valence-corrected chi connectivity index (χ2v) is 7.04. The zero-order valence-corrected chi connectivity index (χ0v) is 24.7. The van der Waals surface area contributed by atoms with E-state index < -0.39 is 91.2 Å². The molecule has 25 nitrogen and oxygen atoms in total. The van der Waals surface area contributed by atoms with Crippen LogP contribution in [0.15, 0.2) is 60.8 Å². The van der Waals surface area contributed by atoms with Crippen LogP contribution in [-0.2, 0) is 47.9 Å². The van der Waals surface area contributed by atoms with Gasteiger partial charge < -0.3 is 76.6 Å². The Kier molecular flexibility index (Phi) is 40.8. The molecular formula is C25H32O25. The van der Waals surface area contributed by atoms with Gasteiger partial charge in [-0.2, -0.15) is 0 Å². The number of carboxylic acids is 10. The summed E-state index contributed by atoms with van der Waals surface area (Å²) in [6, 6.07) is 0. The minimum Gasteiger partial charge on any atom is -0.478 e. The molecule has 25 heteroatoms. The van der Waals surface area contributed by atoms with E-state index in [1.54, 1.807) is 0 Å². The predicted molar refractivity (Wildman–Crippen MR) is 154 cm³/mol. The standard InChI is InChI=1S/C5H12O5.5C4H4O4/c6-1-3(8)5(10)4(9)2-7;5*5-3(6)1-2-4(7)8/h3-10H,1-2H2;5*1-2H,(H,5,6)(H,7,8)/b;5*2-1-/t3-,4+,5-;;;;;. The van der Waals surface area contributed by atoms with Crippen LogP contribution in [-0.4, -0.2) is 168 Å². The molecule has 15 N–H and O–H groups in total. The largest absolute Gasteiger partial charge is 0.478 e. The third-order valence-electron chi connectivity index (χ3n) is 3.01. The topological polar surface area (TPSA) is 474 Å². The predicted octanol–water partition coefficient (Wildman–Crippen LogP) is -4.39. The van der Waals surface area contributed by atoms with Gasteiger partial charge in [0, 0.05) is 60.8 Å². The van der Waals surface area contributed by atoms with Gasteiger partial charge in [0.1, 0.15) is 18.3 Å². The normalized spacial score (nSPS) is 11.6. The summed E-state index contributed by atoms with van der Waals surface area (Å²) in [7, 11) is 0. The molecule has 0 saturated heterocycles. The molecule has 0 aromatic heterocycles. The highest BCUT2D eigenvalue weighted by Gasteiger charge is 2.22. The van der Waals surface area contributed by atoms with Crippen LogP contribution in [0.2, 0.25) is 0 Å². The van der Waals surface area contributed by atoms with E-state index in [1.807, 2.05) is 0 Å². The lowest BCUT2D eigenvalue weighted by atomic mass is 10.1. The van der Waals surface area contributed by atoms with Crippen LogP contribution in [0, 0.1) is 0 Å². The average molecular weight is 733 g/mol. The van der Waals surface area contributed by atoms with Crippen LogP contribution in [0.5, 0.6) is 0 Å². The highest BCUT2D eigenvalue weighted by Crippen LogP contribution is 1.98. The summed E-state index contributed by atoms with van der Waals surface area (Å²) in [6.45, 7) is -1.28. The van der Waals surface area contributed by atoms with E-state index in [9.17, 15) is 47.9 Å². The molecule has 0 aromatic rings. The van der Waals surface area contributed by atoms with Gasteiger partial charge in [-0.1, -0.05) is 0 Å². The van der Waals surface area contributed by atoms with Crippen LogP contribution in [0.25, 0.3) is 0 Å². The third-order valence-corrected chi connectivity index (χ3v) is 3.01. The van der Waals surface area contributed by atoms with E-state index in [0.717, 1.165) is 0 Å². The van der Waals surface area contributed by atoms with Gasteiger partial charge in [0.2, 0.25) is 0 Å². The first-order valence-corrected chi connectivity index (χ1v) is 11.7. The second kappa shape index (κ2) is 36.7. The van der Waals surface area contributed by atoms with E-state index >= 15 is 0 Å². The Hall–Kier alpha value is -6.80. The molecule has 0 spiro atoms. The minimum atomic E-state index is -1.49. The zero-order chi connectivity index (χ0) is 41.0. The first-order chi connectivity index (χ1) is 22.8. The van der Waals surface area contributed by atoms with Gasteiger partial charge in [0.25, 0.3) is 0 Å². The molecule has 0 fully saturated rings. The van der Waals surface area contributed by atoms with Gasteiger partial charge in [-0.05, 0) is 0 Å². The Morgan fingerprint density at radius 3 is 0.460 bits per heavy atom. The maximum absolute atomic E-state index is 9.55. The van der Waals surface area contributed by atoms with Gasteiger partial charge >= 0.3 is 59.7 Å². The van der Waals surface area contributed by atoms with Gasteiger partial charge in [0.15, 0.2) is 0 Å². The van der Waals surface area contributed by atoms with Crippen molar-refractivity contribution in [1.29, 1.82) is 0 Å². The van der Waals surface area contributed by atoms with E-state index in [-0.39, 0.29) is 0 Å². The van der Waals surface area contributed by atoms with Gasteiger partial charge in [0.05, 0.1) is 13.2 Å². The van der Waals surface area contributed by atoms with E-state index in [4.69, 9.17) is 76.6 Å². The molecule has 0 rings (SSSR count). The minimum absolute atomic E-state index is 0.558. The number of aliphatic carboxylic acids is 10. The molecule has 0 heterocycles. The maximum atomic E-state index is 9.55. The van der Waals surface area contributed by atoms with Crippen molar-refractivity contribution >= 4 is 59.7 Å². The van der Waals surface area contributed by atoms with E-state index in [0.29, 0.717) is 60.8 Å². The summed E-state index contributed by atoms with van der Waals surface area (Å²) in [5.41, 5.74) is 0. The molecule has 0 saturated carbocycles. The van der Waals surface area contributed by atoms with Gasteiger partial charge in [-0.3, -0.25) is 0 Å². The van der Waals surface area contributed by atoms with Gasteiger partial charge in [-0.15, -0.1) is 0 Å². The van der Waals surface area contributed by atoms with Crippen molar-refractivity contribution in [3.63, 3.8) is 0 Å². The van der Waals surface area contributed by atoms with Crippen molar-refractivity contribution in [2.75, 3.05) is 13.2 Å². The van der Waals surface area contributed by atoms with Crippen molar-refractivity contribution in [3.05, 3.63) is 60.8 Å². The fourth-order valence-corrected chi connectivity index (χ4v) is 1.19. The molecule has 3 atom stereocenters. The number of hydrogen-bond donors (Lipinski definition) is 15. The molecule has 0 aliphatic carbocycles. The van der Waals surface area contributed by atoms with Crippen LogP contribution in [0.4, 0.5) is 0 Å². The van der Waals surface area contributed by atoms with Crippen LogP contribution >= 0.6 is 0 Å². The summed E-state index contributed by atoms with van der Waals surface area (Å²) in [5, 5.41) is 121. The summed E-state index contributed by atoms with van der Waals surface area (Å²) in [5.74, 6) is -12.6. The van der Waals surface area contributed by atoms with E-state index in [1.165, 1.54) is 0 Å². The van der Waals surface area contributed by atoms with E-state index in [2.05, 4.69) is 0 Å². The Bertz CT molecular complexity index is 967. The molecule has 0 aliphatic rings. The third kappa shape index (κ3) is 73.0. The maximum Gasteiger partial charge on any atom is 0.328 e. The lowest BCUT2D eigenvalue weighted by molar-refractivity contribution is -0.134. The fraction of sp³-hybridized carbons (Fsp3) is 0.200. The lowest BCUT2D eigenvalue weighted by Crippen LogP contribution is -2.41. The van der Waals surface area contributed by atoms with Crippen LogP contribution in [0.1, 0.15) is 0 Å². The molecule has 0 radical (unpaired) electrons. The highest BCUT2D eigenvalue weighted by atomic mass is 16.4. The molecule has 0 aliphatic heterocycles. The SMILES string of the molecule is O=C(O)/C=C\C(=O)O.O=C(O)/C=C\C(=O)O.O=C(O)/C=C\C(=O)O.O=C(O)/C=C\C(=O)O.O=C(O)/C=C\C(=O)O.OC[C@@H](O)[C@@H](O)[C@@H](O)CO. The van der Waals surface area contributed by atoms with Crippen molar-refractivity contribution in [3.8, 4) is 0 Å². The molecule has 0 bridgehead atoms. The number of aliphatic hydroxyl groups excluding tert-OH is 5. The smallest absolute Gasteiger partial charge is 0.328 e. The number of carbonyl (C=O) groups is 10.